The molecule has 0 unspecified atom stereocenters. The van der Waals surface area contributed by atoms with Crippen LogP contribution in [0.25, 0.3) is 0 Å². The van der Waals surface area contributed by atoms with Gasteiger partial charge in [0.25, 0.3) is 0 Å². The normalized spacial score (nSPS) is 18.8. The Morgan fingerprint density at radius 1 is 0.625 bits per heavy atom. The summed E-state index contributed by atoms with van der Waals surface area (Å²) in [5.74, 6) is 0. The SMILES string of the molecule is C1CCCCC1.NCl. The first-order chi connectivity index (χ1) is 4.00. The van der Waals surface area contributed by atoms with Crippen LogP contribution in [0.4, 0.5) is 0 Å². The van der Waals surface area contributed by atoms with Crippen LogP contribution in [0.5, 0.6) is 0 Å². The Kier molecular flexibility index (Phi) is 7.48. The molecule has 0 aromatic carbocycles. The Morgan fingerprint density at radius 3 is 0.875 bits per heavy atom. The number of hydrogen-bond acceptors (Lipinski definition) is 1. The molecule has 0 aliphatic heterocycles. The first-order valence-corrected chi connectivity index (χ1v) is 3.65. The first-order valence-electron chi connectivity index (χ1n) is 3.22. The van der Waals surface area contributed by atoms with Crippen molar-refractivity contribution in [2.75, 3.05) is 0 Å². The fourth-order valence-corrected chi connectivity index (χ4v) is 1.06. The summed E-state index contributed by atoms with van der Waals surface area (Å²) in [6.45, 7) is 0. The molecule has 1 fully saturated rings. The van der Waals surface area contributed by atoms with Crippen molar-refractivity contribution in [1.82, 2.24) is 0 Å². The number of nitrogens with two attached hydrogens (primary N) is 1. The van der Waals surface area contributed by atoms with Crippen molar-refractivity contribution in [3.05, 3.63) is 0 Å². The van der Waals surface area contributed by atoms with E-state index in [1.54, 1.807) is 0 Å². The second-order valence-corrected chi connectivity index (χ2v) is 2.12. The molecule has 0 aromatic heterocycles. The molecule has 0 atom stereocenters. The third-order valence-corrected chi connectivity index (χ3v) is 1.50. The van der Waals surface area contributed by atoms with Crippen LogP contribution < -0.4 is 5.25 Å². The Morgan fingerprint density at radius 2 is 0.750 bits per heavy atom. The third kappa shape index (κ3) is 4.41. The smallest absolute Gasteiger partial charge is 0.0285 e. The van der Waals surface area contributed by atoms with E-state index in [9.17, 15) is 0 Å². The van der Waals surface area contributed by atoms with Crippen LogP contribution in [0, 0.1) is 0 Å². The van der Waals surface area contributed by atoms with Gasteiger partial charge < -0.3 is 0 Å². The molecule has 2 heteroatoms. The lowest BCUT2D eigenvalue weighted by Crippen LogP contribution is -1.85. The number of hydrogen-bond donors (Lipinski definition) is 1. The van der Waals surface area contributed by atoms with Gasteiger partial charge in [-0.15, -0.1) is 0 Å². The van der Waals surface area contributed by atoms with Crippen molar-refractivity contribution in [3.63, 3.8) is 0 Å². The highest BCUT2D eigenvalue weighted by atomic mass is 35.5. The van der Waals surface area contributed by atoms with Crippen LogP contribution in [0.3, 0.4) is 0 Å². The lowest BCUT2D eigenvalue weighted by Gasteiger charge is -2.05. The molecule has 0 radical (unpaired) electrons. The van der Waals surface area contributed by atoms with Crippen molar-refractivity contribution in [2.45, 2.75) is 38.5 Å². The van der Waals surface area contributed by atoms with Gasteiger partial charge in [-0.2, -0.15) is 0 Å². The average molecular weight is 136 g/mol. The Hall–Kier alpha value is 0.250. The molecule has 0 heterocycles. The van der Waals surface area contributed by atoms with Crippen LogP contribution in [-0.4, -0.2) is 0 Å². The summed E-state index contributed by atoms with van der Waals surface area (Å²) in [4.78, 5) is 0. The summed E-state index contributed by atoms with van der Waals surface area (Å²) in [5, 5.41) is 3.97. The van der Waals surface area contributed by atoms with E-state index in [0.717, 1.165) is 0 Å². The Bertz CT molecular complexity index is 24.0. The minimum Gasteiger partial charge on any atom is -0.247 e. The van der Waals surface area contributed by atoms with E-state index in [1.165, 1.54) is 38.5 Å². The molecule has 1 rings (SSSR count). The Balaban J connectivity index is 0.000000222. The molecule has 2 N–H and O–H groups in total. The van der Waals surface area contributed by atoms with Crippen LogP contribution in [0.1, 0.15) is 38.5 Å². The van der Waals surface area contributed by atoms with Gasteiger partial charge in [-0.05, 0) is 11.8 Å². The zero-order chi connectivity index (χ0) is 6.24. The van der Waals surface area contributed by atoms with Crippen LogP contribution in [-0.2, 0) is 0 Å². The molecule has 0 bridgehead atoms. The van der Waals surface area contributed by atoms with Crippen molar-refractivity contribution in [1.29, 1.82) is 0 Å². The zero-order valence-corrected chi connectivity index (χ0v) is 5.95. The van der Waals surface area contributed by atoms with E-state index in [4.69, 9.17) is 0 Å². The summed E-state index contributed by atoms with van der Waals surface area (Å²) in [5.41, 5.74) is 0. The van der Waals surface area contributed by atoms with E-state index in [0.29, 0.717) is 0 Å². The minimum atomic E-state index is 1.50. The molecule has 50 valence electrons. The molecule has 0 amide bonds. The predicted octanol–water partition coefficient (Wildman–Crippen LogP) is 2.44. The fraction of sp³-hybridized carbons (Fsp3) is 1.00. The maximum absolute atomic E-state index is 4.14. The molecule has 1 aliphatic carbocycles. The van der Waals surface area contributed by atoms with Crippen molar-refractivity contribution < 1.29 is 0 Å². The molecule has 0 spiro atoms. The molecule has 0 aromatic rings. The summed E-state index contributed by atoms with van der Waals surface area (Å²) >= 11 is 4.14. The van der Waals surface area contributed by atoms with Crippen molar-refractivity contribution in [3.8, 4) is 0 Å². The summed E-state index contributed by atoms with van der Waals surface area (Å²) < 4.78 is 0. The van der Waals surface area contributed by atoms with E-state index in [1.807, 2.05) is 0 Å². The maximum atomic E-state index is 4.14. The van der Waals surface area contributed by atoms with E-state index < -0.39 is 0 Å². The average Bonchev–Trinajstić information content (AvgIpc) is 1.96. The second kappa shape index (κ2) is 7.25. The van der Waals surface area contributed by atoms with E-state index >= 15 is 0 Å². The summed E-state index contributed by atoms with van der Waals surface area (Å²) in [6, 6.07) is 0. The summed E-state index contributed by atoms with van der Waals surface area (Å²) in [6.07, 6.45) is 9.00. The van der Waals surface area contributed by atoms with Gasteiger partial charge in [0.15, 0.2) is 0 Å². The zero-order valence-electron chi connectivity index (χ0n) is 5.20. The monoisotopic (exact) mass is 135 g/mol. The standard InChI is InChI=1S/C6H12.ClH2N/c1-2-4-6-5-3-1;1-2/h1-6H2;2H2. The molecular weight excluding hydrogens is 122 g/mol. The topological polar surface area (TPSA) is 26.0 Å². The fourth-order valence-electron chi connectivity index (χ4n) is 1.06. The van der Waals surface area contributed by atoms with E-state index in [2.05, 4.69) is 17.0 Å². The van der Waals surface area contributed by atoms with Gasteiger partial charge in [-0.25, -0.2) is 5.25 Å². The first kappa shape index (κ1) is 8.25. The van der Waals surface area contributed by atoms with E-state index in [-0.39, 0.29) is 0 Å². The van der Waals surface area contributed by atoms with Crippen LogP contribution >= 0.6 is 11.8 Å². The van der Waals surface area contributed by atoms with Crippen molar-refractivity contribution >= 4 is 11.8 Å². The third-order valence-electron chi connectivity index (χ3n) is 1.50. The lowest BCUT2D eigenvalue weighted by molar-refractivity contribution is 0.504. The van der Waals surface area contributed by atoms with Crippen LogP contribution in [0.15, 0.2) is 0 Å². The van der Waals surface area contributed by atoms with Gasteiger partial charge in [0, 0.05) is 0 Å². The highest BCUT2D eigenvalue weighted by Gasteiger charge is 1.95. The molecule has 0 saturated heterocycles. The molecule has 8 heavy (non-hydrogen) atoms. The highest BCUT2D eigenvalue weighted by molar-refractivity contribution is 6.11. The van der Waals surface area contributed by atoms with Gasteiger partial charge in [0.05, 0.1) is 0 Å². The molecular formula is C6H14ClN. The number of halogens is 1. The highest BCUT2D eigenvalue weighted by Crippen LogP contribution is 2.15. The number of rotatable bonds is 0. The minimum absolute atomic E-state index is 1.50. The van der Waals surface area contributed by atoms with Gasteiger partial charge in [0.2, 0.25) is 0 Å². The molecule has 1 aliphatic rings. The summed E-state index contributed by atoms with van der Waals surface area (Å²) in [7, 11) is 0. The Labute approximate surface area is 56.3 Å². The maximum Gasteiger partial charge on any atom is -0.0285 e. The van der Waals surface area contributed by atoms with Gasteiger partial charge in [-0.1, -0.05) is 38.5 Å². The van der Waals surface area contributed by atoms with Gasteiger partial charge in [0.1, 0.15) is 0 Å². The van der Waals surface area contributed by atoms with Crippen molar-refractivity contribution in [2.24, 2.45) is 5.25 Å². The molecule has 1 saturated carbocycles. The second-order valence-electron chi connectivity index (χ2n) is 2.12. The van der Waals surface area contributed by atoms with Gasteiger partial charge >= 0.3 is 0 Å². The van der Waals surface area contributed by atoms with Crippen LogP contribution in [0.2, 0.25) is 0 Å². The lowest BCUT2D eigenvalue weighted by atomic mass is 10.0. The molecule has 1 nitrogen and oxygen atoms in total. The quantitative estimate of drug-likeness (QED) is 0.508. The predicted molar refractivity (Wildman–Crippen MR) is 37.7 cm³/mol. The van der Waals surface area contributed by atoms with Gasteiger partial charge in [-0.3, -0.25) is 0 Å². The largest absolute Gasteiger partial charge is 0.247 e.